The van der Waals surface area contributed by atoms with Gasteiger partial charge in [0.25, 0.3) is 0 Å². The molecule has 1 heterocycles. The lowest BCUT2D eigenvalue weighted by molar-refractivity contribution is -0.140. The summed E-state index contributed by atoms with van der Waals surface area (Å²) in [7, 11) is 0. The van der Waals surface area contributed by atoms with Crippen molar-refractivity contribution in [2.75, 3.05) is 6.79 Å². The first kappa shape index (κ1) is 23.2. The van der Waals surface area contributed by atoms with Gasteiger partial charge in [0.1, 0.15) is 6.04 Å². The third kappa shape index (κ3) is 6.05. The van der Waals surface area contributed by atoms with Gasteiger partial charge >= 0.3 is 0 Å². The van der Waals surface area contributed by atoms with Crippen LogP contribution in [0.2, 0.25) is 10.0 Å². The molecule has 0 radical (unpaired) electrons. The van der Waals surface area contributed by atoms with Crippen molar-refractivity contribution in [3.05, 3.63) is 57.6 Å². The fourth-order valence-corrected chi connectivity index (χ4v) is 3.63. The Morgan fingerprint density at radius 3 is 2.42 bits per heavy atom. The highest BCUT2D eigenvalue weighted by molar-refractivity contribution is 6.42. The Morgan fingerprint density at radius 2 is 1.71 bits per heavy atom. The van der Waals surface area contributed by atoms with Crippen molar-refractivity contribution >= 4 is 35.0 Å². The third-order valence-corrected chi connectivity index (χ3v) is 5.74. The Kier molecular flexibility index (Phi) is 7.68. The van der Waals surface area contributed by atoms with E-state index in [0.717, 1.165) is 11.1 Å². The summed E-state index contributed by atoms with van der Waals surface area (Å²) in [4.78, 5) is 27.4. The summed E-state index contributed by atoms with van der Waals surface area (Å²) in [6, 6.07) is 10.2. The second-order valence-electron chi connectivity index (χ2n) is 7.80. The lowest BCUT2D eigenvalue weighted by Crippen LogP contribution is -2.49. The Bertz CT molecular complexity index is 965. The number of amides is 2. The van der Waals surface area contributed by atoms with Crippen LogP contribution in [0.1, 0.15) is 38.3 Å². The molecule has 0 fully saturated rings. The van der Waals surface area contributed by atoms with Crippen molar-refractivity contribution < 1.29 is 19.1 Å². The number of carbonyl (C=O) groups excluding carboxylic acids is 2. The van der Waals surface area contributed by atoms with Gasteiger partial charge in [0, 0.05) is 19.0 Å². The van der Waals surface area contributed by atoms with Gasteiger partial charge in [-0.15, -0.1) is 0 Å². The van der Waals surface area contributed by atoms with Crippen LogP contribution in [0.4, 0.5) is 0 Å². The molecule has 2 amide bonds. The summed E-state index contributed by atoms with van der Waals surface area (Å²) in [6.07, 6.45) is 0.770. The number of nitrogens with zero attached hydrogens (tertiary/aromatic N) is 1. The number of fused-ring (bicyclic) bond motifs is 1. The average molecular weight is 465 g/mol. The summed E-state index contributed by atoms with van der Waals surface area (Å²) in [5.74, 6) is 1.05. The number of nitrogens with one attached hydrogen (secondary N) is 1. The van der Waals surface area contributed by atoms with Gasteiger partial charge in [-0.2, -0.15) is 0 Å². The van der Waals surface area contributed by atoms with Crippen molar-refractivity contribution in [1.82, 2.24) is 10.2 Å². The average Bonchev–Trinajstić information content (AvgIpc) is 3.19. The zero-order valence-electron chi connectivity index (χ0n) is 17.8. The maximum atomic E-state index is 13.2. The third-order valence-electron chi connectivity index (χ3n) is 5.00. The SMILES string of the molecule is CC(C)NC(=O)[C@@H](C)N(Cc1ccc(Cl)c(Cl)c1)C(=O)CCc1ccc2c(c1)OCO2. The van der Waals surface area contributed by atoms with Crippen LogP contribution in [-0.2, 0) is 22.6 Å². The van der Waals surface area contributed by atoms with Crippen LogP contribution in [0.15, 0.2) is 36.4 Å². The van der Waals surface area contributed by atoms with Crippen LogP contribution in [0.25, 0.3) is 0 Å². The molecule has 1 aliphatic heterocycles. The molecule has 2 aromatic carbocycles. The molecule has 0 aliphatic carbocycles. The Labute approximate surface area is 192 Å². The lowest BCUT2D eigenvalue weighted by atomic mass is 10.1. The summed E-state index contributed by atoms with van der Waals surface area (Å²) in [5.41, 5.74) is 1.77. The molecule has 31 heavy (non-hydrogen) atoms. The highest BCUT2D eigenvalue weighted by Gasteiger charge is 2.26. The van der Waals surface area contributed by atoms with Crippen LogP contribution in [0, 0.1) is 0 Å². The maximum absolute atomic E-state index is 13.2. The molecule has 0 bridgehead atoms. The second-order valence-corrected chi connectivity index (χ2v) is 8.61. The van der Waals surface area contributed by atoms with Crippen LogP contribution in [0.5, 0.6) is 11.5 Å². The minimum atomic E-state index is -0.638. The monoisotopic (exact) mass is 464 g/mol. The standard InChI is InChI=1S/C23H26Cl2N2O4/c1-14(2)26-23(29)15(3)27(12-17-4-7-18(24)19(25)10-17)22(28)9-6-16-5-8-20-21(11-16)31-13-30-20/h4-5,7-8,10-11,14-15H,6,9,12-13H2,1-3H3,(H,26,29)/t15-/m1/s1. The van der Waals surface area contributed by atoms with Gasteiger partial charge in [-0.05, 0) is 62.6 Å². The maximum Gasteiger partial charge on any atom is 0.242 e. The zero-order valence-corrected chi connectivity index (χ0v) is 19.3. The van der Waals surface area contributed by atoms with Gasteiger partial charge in [0.05, 0.1) is 10.0 Å². The second kappa shape index (κ2) is 10.2. The van der Waals surface area contributed by atoms with Gasteiger partial charge in [0.2, 0.25) is 18.6 Å². The van der Waals surface area contributed by atoms with Gasteiger partial charge in [-0.25, -0.2) is 0 Å². The van der Waals surface area contributed by atoms with Gasteiger partial charge < -0.3 is 19.7 Å². The van der Waals surface area contributed by atoms with E-state index in [0.29, 0.717) is 28.0 Å². The van der Waals surface area contributed by atoms with E-state index in [4.69, 9.17) is 32.7 Å². The van der Waals surface area contributed by atoms with Crippen molar-refractivity contribution in [3.8, 4) is 11.5 Å². The molecular weight excluding hydrogens is 439 g/mol. The predicted octanol–water partition coefficient (Wildman–Crippen LogP) is 4.60. The van der Waals surface area contributed by atoms with E-state index in [1.807, 2.05) is 32.0 Å². The van der Waals surface area contributed by atoms with Crippen molar-refractivity contribution in [2.45, 2.75) is 52.2 Å². The molecule has 8 heteroatoms. The molecule has 6 nitrogen and oxygen atoms in total. The molecule has 0 saturated carbocycles. The minimum absolute atomic E-state index is 0.0227. The summed E-state index contributed by atoms with van der Waals surface area (Å²) >= 11 is 12.2. The zero-order chi connectivity index (χ0) is 22.5. The number of ether oxygens (including phenoxy) is 2. The van der Waals surface area contributed by atoms with Gasteiger partial charge in [0.15, 0.2) is 11.5 Å². The van der Waals surface area contributed by atoms with Crippen LogP contribution >= 0.6 is 23.2 Å². The number of benzene rings is 2. The molecule has 0 spiro atoms. The van der Waals surface area contributed by atoms with E-state index in [9.17, 15) is 9.59 Å². The Morgan fingerprint density at radius 1 is 1.00 bits per heavy atom. The molecule has 2 aromatic rings. The Balaban J connectivity index is 1.74. The van der Waals surface area contributed by atoms with Gasteiger partial charge in [-0.1, -0.05) is 35.3 Å². The first-order valence-corrected chi connectivity index (χ1v) is 10.9. The number of rotatable bonds is 8. The largest absolute Gasteiger partial charge is 0.454 e. The van der Waals surface area contributed by atoms with Crippen LogP contribution < -0.4 is 14.8 Å². The van der Waals surface area contributed by atoms with E-state index in [1.54, 1.807) is 30.0 Å². The fourth-order valence-electron chi connectivity index (χ4n) is 3.31. The van der Waals surface area contributed by atoms with Crippen molar-refractivity contribution in [2.24, 2.45) is 0 Å². The molecule has 0 aromatic heterocycles. The quantitative estimate of drug-likeness (QED) is 0.619. The van der Waals surface area contributed by atoms with Crippen molar-refractivity contribution in [1.29, 1.82) is 0 Å². The fraction of sp³-hybridized carbons (Fsp3) is 0.391. The van der Waals surface area contributed by atoms with E-state index in [1.165, 1.54) is 0 Å². The molecule has 0 saturated heterocycles. The minimum Gasteiger partial charge on any atom is -0.454 e. The van der Waals surface area contributed by atoms with Crippen LogP contribution in [0.3, 0.4) is 0 Å². The smallest absolute Gasteiger partial charge is 0.242 e. The molecule has 1 atom stereocenters. The molecule has 166 valence electrons. The number of aryl methyl sites for hydroxylation is 1. The summed E-state index contributed by atoms with van der Waals surface area (Å²) in [5, 5.41) is 3.73. The normalized spacial score (nSPS) is 13.2. The van der Waals surface area contributed by atoms with Crippen LogP contribution in [-0.4, -0.2) is 35.6 Å². The molecular formula is C23H26Cl2N2O4. The molecule has 0 unspecified atom stereocenters. The van der Waals surface area contributed by atoms with E-state index >= 15 is 0 Å². The number of hydrogen-bond donors (Lipinski definition) is 1. The number of hydrogen-bond acceptors (Lipinski definition) is 4. The summed E-state index contributed by atoms with van der Waals surface area (Å²) in [6.45, 7) is 5.96. The lowest BCUT2D eigenvalue weighted by Gasteiger charge is -2.29. The Hall–Kier alpha value is -2.44. The topological polar surface area (TPSA) is 67.9 Å². The molecule has 1 aliphatic rings. The van der Waals surface area contributed by atoms with Gasteiger partial charge in [-0.3, -0.25) is 9.59 Å². The van der Waals surface area contributed by atoms with Crippen molar-refractivity contribution in [3.63, 3.8) is 0 Å². The van der Waals surface area contributed by atoms with E-state index in [2.05, 4.69) is 5.32 Å². The number of halogens is 2. The first-order valence-electron chi connectivity index (χ1n) is 10.2. The molecule has 1 N–H and O–H groups in total. The predicted molar refractivity (Wildman–Crippen MR) is 121 cm³/mol. The molecule has 3 rings (SSSR count). The van der Waals surface area contributed by atoms with E-state index in [-0.39, 0.29) is 37.6 Å². The first-order chi connectivity index (χ1) is 14.7. The van der Waals surface area contributed by atoms with E-state index < -0.39 is 6.04 Å². The highest BCUT2D eigenvalue weighted by Crippen LogP contribution is 2.33. The number of carbonyl (C=O) groups is 2. The highest BCUT2D eigenvalue weighted by atomic mass is 35.5. The summed E-state index contributed by atoms with van der Waals surface area (Å²) < 4.78 is 10.7.